The van der Waals surface area contributed by atoms with Crippen LogP contribution in [0.4, 0.5) is 0 Å². The van der Waals surface area contributed by atoms with Crippen LogP contribution < -0.4 is 5.32 Å². The minimum absolute atomic E-state index is 0.192. The van der Waals surface area contributed by atoms with Crippen LogP contribution in [0.15, 0.2) is 0 Å². The average Bonchev–Trinajstić information content (AvgIpc) is 3.17. The molecule has 0 aromatic carbocycles. The summed E-state index contributed by atoms with van der Waals surface area (Å²) in [6, 6.07) is 0.192. The molecule has 1 aliphatic carbocycles. The van der Waals surface area contributed by atoms with E-state index in [1.807, 2.05) is 20.8 Å². The van der Waals surface area contributed by atoms with E-state index in [0.717, 1.165) is 25.3 Å². The maximum absolute atomic E-state index is 11.5. The smallest absolute Gasteiger partial charge is 0.323 e. The highest BCUT2D eigenvalue weighted by Crippen LogP contribution is 2.29. The summed E-state index contributed by atoms with van der Waals surface area (Å²) in [6.45, 7) is 11.6. The summed E-state index contributed by atoms with van der Waals surface area (Å²) in [5.74, 6) is 0.197. The molecule has 0 amide bonds. The fourth-order valence-electron chi connectivity index (χ4n) is 2.97. The highest BCUT2D eigenvalue weighted by Gasteiger charge is 2.32. The van der Waals surface area contributed by atoms with Gasteiger partial charge in [-0.1, -0.05) is 6.92 Å². The molecule has 1 atom stereocenters. The zero-order valence-electron chi connectivity index (χ0n) is 14.3. The van der Waals surface area contributed by atoms with Crippen LogP contribution >= 0.6 is 0 Å². The number of carboxylic acid groups (broad SMARTS) is 1. The molecule has 0 aromatic heterocycles. The first-order chi connectivity index (χ1) is 9.87. The van der Waals surface area contributed by atoms with Gasteiger partial charge in [-0.3, -0.25) is 10.1 Å². The monoisotopic (exact) mass is 298 g/mol. The maximum Gasteiger partial charge on any atom is 0.323 e. The van der Waals surface area contributed by atoms with Crippen molar-refractivity contribution in [3.63, 3.8) is 0 Å². The lowest BCUT2D eigenvalue weighted by atomic mass is 9.94. The van der Waals surface area contributed by atoms with Crippen molar-refractivity contribution < 1.29 is 9.90 Å². The van der Waals surface area contributed by atoms with Crippen molar-refractivity contribution in [2.45, 2.75) is 77.8 Å². The molecule has 0 bridgehead atoms. The molecule has 1 aliphatic rings. The van der Waals surface area contributed by atoms with E-state index in [2.05, 4.69) is 17.1 Å². The number of aliphatic carboxylic acids is 1. The number of nitrogens with zero attached hydrogens (tertiary/aromatic N) is 1. The molecule has 0 spiro atoms. The predicted octanol–water partition coefficient (Wildman–Crippen LogP) is 3.12. The minimum atomic E-state index is -0.791. The van der Waals surface area contributed by atoms with E-state index in [-0.39, 0.29) is 6.04 Å². The first-order valence-corrected chi connectivity index (χ1v) is 8.61. The molecule has 1 fully saturated rings. The molecular weight excluding hydrogens is 264 g/mol. The third kappa shape index (κ3) is 7.28. The summed E-state index contributed by atoms with van der Waals surface area (Å²) in [5, 5.41) is 12.6. The van der Waals surface area contributed by atoms with Crippen LogP contribution in [0, 0.1) is 5.92 Å². The van der Waals surface area contributed by atoms with Crippen LogP contribution in [0.1, 0.15) is 66.2 Å². The van der Waals surface area contributed by atoms with Crippen molar-refractivity contribution in [3.8, 4) is 0 Å². The van der Waals surface area contributed by atoms with Crippen molar-refractivity contribution in [2.24, 2.45) is 5.92 Å². The third-order valence-corrected chi connectivity index (χ3v) is 4.23. The molecule has 0 saturated heterocycles. The lowest BCUT2D eigenvalue weighted by molar-refractivity contribution is -0.144. The number of carbonyl (C=O) groups is 1. The Kier molecular flexibility index (Phi) is 7.67. The van der Waals surface area contributed by atoms with E-state index in [4.69, 9.17) is 0 Å². The SMILES string of the molecule is CCCN(CCCCC(C)(NC(C)C)C(=O)O)CC1CC1. The van der Waals surface area contributed by atoms with Crippen molar-refractivity contribution >= 4 is 5.97 Å². The Morgan fingerprint density at radius 3 is 2.48 bits per heavy atom. The van der Waals surface area contributed by atoms with Gasteiger partial charge < -0.3 is 10.0 Å². The van der Waals surface area contributed by atoms with E-state index >= 15 is 0 Å². The molecule has 4 heteroatoms. The summed E-state index contributed by atoms with van der Waals surface area (Å²) in [6.07, 6.45) is 6.76. The van der Waals surface area contributed by atoms with Gasteiger partial charge in [0.1, 0.15) is 5.54 Å². The fourth-order valence-corrected chi connectivity index (χ4v) is 2.97. The molecule has 1 saturated carbocycles. The molecular formula is C17H34N2O2. The summed E-state index contributed by atoms with van der Waals surface area (Å²) in [7, 11) is 0. The zero-order chi connectivity index (χ0) is 15.9. The molecule has 0 aliphatic heterocycles. The first-order valence-electron chi connectivity index (χ1n) is 8.61. The Bertz CT molecular complexity index is 316. The number of rotatable bonds is 12. The van der Waals surface area contributed by atoms with E-state index < -0.39 is 11.5 Å². The quantitative estimate of drug-likeness (QED) is 0.544. The fraction of sp³-hybridized carbons (Fsp3) is 0.941. The number of hydrogen-bond acceptors (Lipinski definition) is 3. The van der Waals surface area contributed by atoms with Crippen LogP contribution in [0.3, 0.4) is 0 Å². The second kappa shape index (κ2) is 8.74. The second-order valence-electron chi connectivity index (χ2n) is 7.14. The molecule has 2 N–H and O–H groups in total. The Morgan fingerprint density at radius 1 is 1.33 bits per heavy atom. The van der Waals surface area contributed by atoms with Crippen LogP contribution in [0.2, 0.25) is 0 Å². The molecule has 21 heavy (non-hydrogen) atoms. The predicted molar refractivity (Wildman–Crippen MR) is 87.6 cm³/mol. The Morgan fingerprint density at radius 2 is 2.00 bits per heavy atom. The second-order valence-corrected chi connectivity index (χ2v) is 7.14. The van der Waals surface area contributed by atoms with Gasteiger partial charge in [-0.15, -0.1) is 0 Å². The lowest BCUT2D eigenvalue weighted by Crippen LogP contribution is -2.52. The van der Waals surface area contributed by atoms with Gasteiger partial charge >= 0.3 is 5.97 Å². The summed E-state index contributed by atoms with van der Waals surface area (Å²) in [5.41, 5.74) is -0.791. The van der Waals surface area contributed by atoms with E-state index in [9.17, 15) is 9.90 Å². The summed E-state index contributed by atoms with van der Waals surface area (Å²) < 4.78 is 0. The topological polar surface area (TPSA) is 52.6 Å². The van der Waals surface area contributed by atoms with Gasteiger partial charge in [-0.25, -0.2) is 0 Å². The number of hydrogen-bond donors (Lipinski definition) is 2. The Balaban J connectivity index is 2.29. The molecule has 124 valence electrons. The van der Waals surface area contributed by atoms with Gasteiger partial charge in [0.05, 0.1) is 0 Å². The summed E-state index contributed by atoms with van der Waals surface area (Å²) in [4.78, 5) is 14.0. The van der Waals surface area contributed by atoms with E-state index in [1.54, 1.807) is 0 Å². The minimum Gasteiger partial charge on any atom is -0.480 e. The number of carboxylic acids is 1. The third-order valence-electron chi connectivity index (χ3n) is 4.23. The first kappa shape index (κ1) is 18.4. The highest BCUT2D eigenvalue weighted by molar-refractivity contribution is 5.78. The molecule has 0 radical (unpaired) electrons. The van der Waals surface area contributed by atoms with Crippen molar-refractivity contribution in [1.82, 2.24) is 10.2 Å². The highest BCUT2D eigenvalue weighted by atomic mass is 16.4. The van der Waals surface area contributed by atoms with Gasteiger partial charge in [0, 0.05) is 12.6 Å². The molecule has 1 unspecified atom stereocenters. The van der Waals surface area contributed by atoms with E-state index in [1.165, 1.54) is 32.4 Å². The molecule has 1 rings (SSSR count). The standard InChI is InChI=1S/C17H34N2O2/c1-5-11-19(13-15-8-9-15)12-7-6-10-17(4,16(20)21)18-14(2)3/h14-15,18H,5-13H2,1-4H3,(H,20,21). The van der Waals surface area contributed by atoms with Crippen molar-refractivity contribution in [1.29, 1.82) is 0 Å². The van der Waals surface area contributed by atoms with Crippen LogP contribution in [-0.2, 0) is 4.79 Å². The maximum atomic E-state index is 11.5. The van der Waals surface area contributed by atoms with Crippen molar-refractivity contribution in [3.05, 3.63) is 0 Å². The van der Waals surface area contributed by atoms with E-state index in [0.29, 0.717) is 6.42 Å². The van der Waals surface area contributed by atoms with Gasteiger partial charge in [-0.05, 0) is 78.3 Å². The Hall–Kier alpha value is -0.610. The van der Waals surface area contributed by atoms with Crippen LogP contribution in [0.5, 0.6) is 0 Å². The van der Waals surface area contributed by atoms with Crippen LogP contribution in [-0.4, -0.2) is 47.2 Å². The zero-order valence-corrected chi connectivity index (χ0v) is 14.3. The molecule has 0 heterocycles. The normalized spacial score (nSPS) is 18.2. The largest absolute Gasteiger partial charge is 0.480 e. The van der Waals surface area contributed by atoms with Gasteiger partial charge in [0.2, 0.25) is 0 Å². The lowest BCUT2D eigenvalue weighted by Gasteiger charge is -2.29. The van der Waals surface area contributed by atoms with Crippen molar-refractivity contribution in [2.75, 3.05) is 19.6 Å². The summed E-state index contributed by atoms with van der Waals surface area (Å²) >= 11 is 0. The average molecular weight is 298 g/mol. The number of unbranched alkanes of at least 4 members (excludes halogenated alkanes) is 1. The molecule has 4 nitrogen and oxygen atoms in total. The van der Waals surface area contributed by atoms with Crippen LogP contribution in [0.25, 0.3) is 0 Å². The molecule has 0 aromatic rings. The van der Waals surface area contributed by atoms with Gasteiger partial charge in [-0.2, -0.15) is 0 Å². The Labute approximate surface area is 130 Å². The number of nitrogens with one attached hydrogen (secondary N) is 1. The van der Waals surface area contributed by atoms with Gasteiger partial charge in [0.25, 0.3) is 0 Å². The van der Waals surface area contributed by atoms with Gasteiger partial charge in [0.15, 0.2) is 0 Å².